The number of halogens is 1. The van der Waals surface area contributed by atoms with E-state index in [0.29, 0.717) is 0 Å². The van der Waals surface area contributed by atoms with Gasteiger partial charge in [0.15, 0.2) is 0 Å². The van der Waals surface area contributed by atoms with Crippen LogP contribution in [-0.4, -0.2) is 31.3 Å². The summed E-state index contributed by atoms with van der Waals surface area (Å²) in [7, 11) is 2.02. The van der Waals surface area contributed by atoms with E-state index in [9.17, 15) is 5.11 Å². The minimum Gasteiger partial charge on any atom is -0.393 e. The summed E-state index contributed by atoms with van der Waals surface area (Å²) < 4.78 is 0. The summed E-state index contributed by atoms with van der Waals surface area (Å²) in [5.74, 6) is 0. The normalized spacial score (nSPS) is 14.2. The van der Waals surface area contributed by atoms with Crippen LogP contribution < -0.4 is 10.2 Å². The van der Waals surface area contributed by atoms with Crippen LogP contribution in [0.2, 0.25) is 5.02 Å². The lowest BCUT2D eigenvalue weighted by Gasteiger charge is -2.22. The molecule has 1 aromatic rings. The quantitative estimate of drug-likeness (QED) is 0.807. The highest BCUT2D eigenvalue weighted by Crippen LogP contribution is 2.27. The van der Waals surface area contributed by atoms with Gasteiger partial charge >= 0.3 is 0 Å². The molecular weight excluding hydrogens is 260 g/mol. The van der Waals surface area contributed by atoms with Crippen molar-refractivity contribution in [3.63, 3.8) is 0 Å². The lowest BCUT2D eigenvalue weighted by atomic mass is 10.1. The molecule has 2 unspecified atom stereocenters. The van der Waals surface area contributed by atoms with E-state index < -0.39 is 0 Å². The zero-order valence-corrected chi connectivity index (χ0v) is 13.0. The minimum absolute atomic E-state index is 0.259. The number of benzene rings is 1. The summed E-state index contributed by atoms with van der Waals surface area (Å²) in [4.78, 5) is 2.11. The summed E-state index contributed by atoms with van der Waals surface area (Å²) in [5, 5.41) is 13.5. The van der Waals surface area contributed by atoms with Crippen LogP contribution in [0.1, 0.15) is 38.8 Å². The van der Waals surface area contributed by atoms with Gasteiger partial charge in [-0.3, -0.25) is 0 Å². The molecule has 0 radical (unpaired) electrons. The molecule has 0 fully saturated rings. The fraction of sp³-hybridized carbons (Fsp3) is 0.600. The Morgan fingerprint density at radius 2 is 2.05 bits per heavy atom. The number of anilines is 1. The molecule has 0 spiro atoms. The number of hydrogen-bond acceptors (Lipinski definition) is 3. The van der Waals surface area contributed by atoms with Gasteiger partial charge in [0.1, 0.15) is 0 Å². The summed E-state index contributed by atoms with van der Waals surface area (Å²) in [5.41, 5.74) is 2.20. The van der Waals surface area contributed by atoms with Crippen LogP contribution in [0.5, 0.6) is 0 Å². The van der Waals surface area contributed by atoms with Crippen molar-refractivity contribution in [3.8, 4) is 0 Å². The molecule has 0 bridgehead atoms. The van der Waals surface area contributed by atoms with E-state index in [1.807, 2.05) is 20.0 Å². The summed E-state index contributed by atoms with van der Waals surface area (Å²) >= 11 is 6.35. The standard InChI is InChI=1S/C15H25ClN2O/c1-5-17-12(3)14-7-6-13(10-15(14)16)18(4)9-8-11(2)19/h6-7,10-12,17,19H,5,8-9H2,1-4H3. The van der Waals surface area contributed by atoms with Gasteiger partial charge in [-0.05, 0) is 44.5 Å². The number of rotatable bonds is 7. The van der Waals surface area contributed by atoms with Crippen LogP contribution in [0, 0.1) is 0 Å². The lowest BCUT2D eigenvalue weighted by molar-refractivity contribution is 0.187. The summed E-state index contributed by atoms with van der Waals surface area (Å²) in [6, 6.07) is 6.41. The van der Waals surface area contributed by atoms with Gasteiger partial charge in [0, 0.05) is 30.3 Å². The Bertz CT molecular complexity index is 396. The molecule has 1 rings (SSSR count). The van der Waals surface area contributed by atoms with Crippen LogP contribution in [0.4, 0.5) is 5.69 Å². The van der Waals surface area contributed by atoms with Gasteiger partial charge in [0.05, 0.1) is 6.10 Å². The van der Waals surface area contributed by atoms with E-state index >= 15 is 0 Å². The van der Waals surface area contributed by atoms with Crippen molar-refractivity contribution in [1.82, 2.24) is 5.32 Å². The third-order valence-electron chi connectivity index (χ3n) is 3.28. The molecule has 108 valence electrons. The maximum atomic E-state index is 9.32. The lowest BCUT2D eigenvalue weighted by Crippen LogP contribution is -2.22. The smallest absolute Gasteiger partial charge is 0.0528 e. The van der Waals surface area contributed by atoms with Gasteiger partial charge in [0.25, 0.3) is 0 Å². The largest absolute Gasteiger partial charge is 0.393 e. The molecular formula is C15H25ClN2O. The SMILES string of the molecule is CCNC(C)c1ccc(N(C)CCC(C)O)cc1Cl. The van der Waals surface area contributed by atoms with Crippen molar-refractivity contribution in [2.24, 2.45) is 0 Å². The van der Waals surface area contributed by atoms with Crippen molar-refractivity contribution < 1.29 is 5.11 Å². The molecule has 0 aliphatic carbocycles. The van der Waals surface area contributed by atoms with Gasteiger partial charge in [0.2, 0.25) is 0 Å². The highest BCUT2D eigenvalue weighted by atomic mass is 35.5. The predicted octanol–water partition coefficient (Wildman–Crippen LogP) is 3.22. The van der Waals surface area contributed by atoms with Crippen molar-refractivity contribution in [1.29, 1.82) is 0 Å². The van der Waals surface area contributed by atoms with Gasteiger partial charge in [-0.25, -0.2) is 0 Å². The Balaban J connectivity index is 2.75. The number of nitrogens with one attached hydrogen (secondary N) is 1. The Labute approximate surface area is 121 Å². The fourth-order valence-corrected chi connectivity index (χ4v) is 2.37. The van der Waals surface area contributed by atoms with Gasteiger partial charge in [-0.15, -0.1) is 0 Å². The van der Waals surface area contributed by atoms with E-state index in [2.05, 4.69) is 36.2 Å². The third-order valence-corrected chi connectivity index (χ3v) is 3.61. The van der Waals surface area contributed by atoms with Crippen LogP contribution in [0.25, 0.3) is 0 Å². The first kappa shape index (κ1) is 16.3. The Kier molecular flexibility index (Phi) is 6.63. The van der Waals surface area contributed by atoms with Crippen molar-refractivity contribution in [2.75, 3.05) is 25.0 Å². The van der Waals surface area contributed by atoms with E-state index in [1.54, 1.807) is 0 Å². The second kappa shape index (κ2) is 7.73. The molecule has 0 heterocycles. The van der Waals surface area contributed by atoms with Crippen LogP contribution in [0.3, 0.4) is 0 Å². The predicted molar refractivity (Wildman–Crippen MR) is 83.1 cm³/mol. The molecule has 19 heavy (non-hydrogen) atoms. The molecule has 0 saturated carbocycles. The second-order valence-electron chi connectivity index (χ2n) is 5.04. The van der Waals surface area contributed by atoms with E-state index in [1.165, 1.54) is 0 Å². The van der Waals surface area contributed by atoms with Crippen molar-refractivity contribution in [3.05, 3.63) is 28.8 Å². The highest BCUT2D eigenvalue weighted by molar-refractivity contribution is 6.31. The zero-order chi connectivity index (χ0) is 14.4. The summed E-state index contributed by atoms with van der Waals surface area (Å²) in [6.45, 7) is 7.75. The van der Waals surface area contributed by atoms with E-state index in [0.717, 1.165) is 35.8 Å². The Hall–Kier alpha value is -0.770. The Morgan fingerprint density at radius 3 is 2.58 bits per heavy atom. The molecule has 2 N–H and O–H groups in total. The third kappa shape index (κ3) is 5.01. The van der Waals surface area contributed by atoms with E-state index in [-0.39, 0.29) is 12.1 Å². The first-order chi connectivity index (χ1) is 8.95. The molecule has 0 aliphatic heterocycles. The maximum Gasteiger partial charge on any atom is 0.0528 e. The molecule has 0 aromatic heterocycles. The van der Waals surface area contributed by atoms with Crippen molar-refractivity contribution in [2.45, 2.75) is 39.3 Å². The highest BCUT2D eigenvalue weighted by Gasteiger charge is 2.11. The minimum atomic E-state index is -0.272. The molecule has 1 aromatic carbocycles. The topological polar surface area (TPSA) is 35.5 Å². The number of aliphatic hydroxyl groups is 1. The summed E-state index contributed by atoms with van der Waals surface area (Å²) in [6.07, 6.45) is 0.481. The molecule has 0 amide bonds. The van der Waals surface area contributed by atoms with Crippen LogP contribution in [-0.2, 0) is 0 Å². The first-order valence-corrected chi connectivity index (χ1v) is 7.25. The van der Waals surface area contributed by atoms with E-state index in [4.69, 9.17) is 11.6 Å². The van der Waals surface area contributed by atoms with Gasteiger partial charge in [-0.2, -0.15) is 0 Å². The van der Waals surface area contributed by atoms with Gasteiger partial charge in [-0.1, -0.05) is 24.6 Å². The molecule has 0 aliphatic rings. The molecule has 3 nitrogen and oxygen atoms in total. The Morgan fingerprint density at radius 1 is 1.37 bits per heavy atom. The molecule has 2 atom stereocenters. The number of aliphatic hydroxyl groups excluding tert-OH is 1. The number of hydrogen-bond donors (Lipinski definition) is 2. The molecule has 0 saturated heterocycles. The fourth-order valence-electron chi connectivity index (χ4n) is 2.03. The average Bonchev–Trinajstić information content (AvgIpc) is 2.35. The van der Waals surface area contributed by atoms with Gasteiger partial charge < -0.3 is 15.3 Å². The maximum absolute atomic E-state index is 9.32. The second-order valence-corrected chi connectivity index (χ2v) is 5.45. The van der Waals surface area contributed by atoms with Crippen LogP contribution in [0.15, 0.2) is 18.2 Å². The monoisotopic (exact) mass is 284 g/mol. The van der Waals surface area contributed by atoms with Crippen molar-refractivity contribution >= 4 is 17.3 Å². The average molecular weight is 285 g/mol. The zero-order valence-electron chi connectivity index (χ0n) is 12.3. The number of nitrogens with zero attached hydrogens (tertiary/aromatic N) is 1. The first-order valence-electron chi connectivity index (χ1n) is 6.87. The van der Waals surface area contributed by atoms with Crippen LogP contribution >= 0.6 is 11.6 Å². The molecule has 4 heteroatoms.